The number of nitrogens with zero attached hydrogens (tertiary/aromatic N) is 1. The quantitative estimate of drug-likeness (QED) is 0.368. The molecular weight excluding hydrogens is 470 g/mol. The van der Waals surface area contributed by atoms with E-state index in [0.29, 0.717) is 6.61 Å². The van der Waals surface area contributed by atoms with Crippen molar-refractivity contribution in [3.63, 3.8) is 0 Å². The number of para-hydroxylation sites is 1. The summed E-state index contributed by atoms with van der Waals surface area (Å²) in [4.78, 5) is 3.44. The molecule has 2 aliphatic heterocycles. The molecule has 3 aromatic carbocycles. The van der Waals surface area contributed by atoms with Gasteiger partial charge in [-0.1, -0.05) is 57.5 Å². The minimum atomic E-state index is 0.131. The van der Waals surface area contributed by atoms with Crippen LogP contribution in [0.2, 0.25) is 0 Å². The van der Waals surface area contributed by atoms with Gasteiger partial charge >= 0.3 is 0 Å². The van der Waals surface area contributed by atoms with Crippen molar-refractivity contribution >= 4 is 11.8 Å². The Labute approximate surface area is 220 Å². The van der Waals surface area contributed by atoms with Gasteiger partial charge in [-0.15, -0.1) is 11.8 Å². The van der Waals surface area contributed by atoms with Gasteiger partial charge in [0, 0.05) is 13.1 Å². The van der Waals surface area contributed by atoms with Crippen LogP contribution in [0.25, 0.3) is 0 Å². The van der Waals surface area contributed by atoms with Gasteiger partial charge in [-0.05, 0) is 66.9 Å². The zero-order chi connectivity index (χ0) is 25.8. The smallest absolute Gasteiger partial charge is 0.133 e. The van der Waals surface area contributed by atoms with Crippen LogP contribution in [0.3, 0.4) is 0 Å². The third-order valence-electron chi connectivity index (χ3n) is 6.20. The number of hydrogen-bond donors (Lipinski definition) is 2. The van der Waals surface area contributed by atoms with Gasteiger partial charge in [-0.25, -0.2) is 0 Å². The first-order valence-electron chi connectivity index (χ1n) is 12.9. The van der Waals surface area contributed by atoms with Gasteiger partial charge in [0.15, 0.2) is 0 Å². The monoisotopic (exact) mass is 509 g/mol. The van der Waals surface area contributed by atoms with Crippen molar-refractivity contribution in [2.24, 2.45) is 5.92 Å². The van der Waals surface area contributed by atoms with Crippen LogP contribution in [0.5, 0.6) is 23.0 Å². The fourth-order valence-electron chi connectivity index (χ4n) is 4.21. The summed E-state index contributed by atoms with van der Waals surface area (Å²) in [7, 11) is 0. The molecule has 6 heteroatoms. The molecule has 194 valence electrons. The Morgan fingerprint density at radius 1 is 0.972 bits per heavy atom. The largest absolute Gasteiger partial charge is 0.508 e. The first kappa shape index (κ1) is 27.8. The van der Waals surface area contributed by atoms with Crippen LogP contribution in [0.4, 0.5) is 0 Å². The van der Waals surface area contributed by atoms with Gasteiger partial charge in [0.25, 0.3) is 0 Å². The number of aromatic hydroxyl groups is 2. The predicted molar refractivity (Wildman–Crippen MR) is 148 cm³/mol. The van der Waals surface area contributed by atoms with E-state index in [1.54, 1.807) is 42.1 Å². The number of phenolic OH excluding ortho intramolecular Hbond substituents is 2. The van der Waals surface area contributed by atoms with Crippen molar-refractivity contribution in [1.29, 1.82) is 0 Å². The third kappa shape index (κ3) is 8.38. The molecule has 0 bridgehead atoms. The van der Waals surface area contributed by atoms with Crippen LogP contribution in [-0.4, -0.2) is 48.0 Å². The maximum Gasteiger partial charge on any atom is 0.133 e. The van der Waals surface area contributed by atoms with Crippen molar-refractivity contribution in [1.82, 2.24) is 4.90 Å². The number of ether oxygens (including phenoxy) is 2. The molecule has 5 rings (SSSR count). The van der Waals surface area contributed by atoms with Crippen LogP contribution < -0.4 is 9.47 Å². The molecule has 0 aromatic heterocycles. The van der Waals surface area contributed by atoms with Crippen LogP contribution in [-0.2, 0) is 0 Å². The number of rotatable bonds is 6. The van der Waals surface area contributed by atoms with E-state index < -0.39 is 0 Å². The molecular formula is C30H39NO4S. The summed E-state index contributed by atoms with van der Waals surface area (Å²) in [6.45, 7) is 11.2. The fourth-order valence-corrected chi connectivity index (χ4v) is 5.37. The summed E-state index contributed by atoms with van der Waals surface area (Å²) < 4.78 is 11.4. The van der Waals surface area contributed by atoms with E-state index in [1.165, 1.54) is 25.9 Å². The second-order valence-corrected chi connectivity index (χ2v) is 9.91. The first-order valence-corrected chi connectivity index (χ1v) is 13.8. The van der Waals surface area contributed by atoms with Crippen molar-refractivity contribution in [2.75, 3.05) is 32.8 Å². The summed E-state index contributed by atoms with van der Waals surface area (Å²) in [5.41, 5.74) is 1.02. The first-order chi connectivity index (χ1) is 17.6. The van der Waals surface area contributed by atoms with Crippen LogP contribution in [0.1, 0.15) is 44.4 Å². The number of thioether (sulfide) groups is 1. The lowest BCUT2D eigenvalue weighted by atomic mass is 10.1. The fraction of sp³-hybridized carbons (Fsp3) is 0.400. The predicted octanol–water partition coefficient (Wildman–Crippen LogP) is 7.15. The minimum Gasteiger partial charge on any atom is -0.508 e. The molecule has 0 spiro atoms. The molecule has 2 atom stereocenters. The number of hydrogen-bond acceptors (Lipinski definition) is 6. The Hall–Kier alpha value is -2.83. The highest BCUT2D eigenvalue weighted by molar-refractivity contribution is 7.99. The molecule has 0 saturated carbocycles. The second kappa shape index (κ2) is 14.7. The summed E-state index contributed by atoms with van der Waals surface area (Å²) >= 11 is 1.64. The van der Waals surface area contributed by atoms with Crippen molar-refractivity contribution in [2.45, 2.75) is 43.8 Å². The van der Waals surface area contributed by atoms with Gasteiger partial charge in [-0.2, -0.15) is 0 Å². The maximum absolute atomic E-state index is 9.49. The van der Waals surface area contributed by atoms with E-state index in [1.807, 2.05) is 56.3 Å². The molecule has 1 fully saturated rings. The van der Waals surface area contributed by atoms with Gasteiger partial charge in [0.2, 0.25) is 0 Å². The summed E-state index contributed by atoms with van der Waals surface area (Å²) in [6, 6.07) is 22.3. The van der Waals surface area contributed by atoms with Crippen LogP contribution in [0, 0.1) is 5.92 Å². The molecule has 0 amide bonds. The molecule has 0 unspecified atom stereocenters. The summed E-state index contributed by atoms with van der Waals surface area (Å²) in [5, 5.41) is 19.1. The van der Waals surface area contributed by atoms with Gasteiger partial charge in [0.1, 0.15) is 36.2 Å². The molecule has 2 N–H and O–H groups in total. The Morgan fingerprint density at radius 2 is 1.75 bits per heavy atom. The second-order valence-electron chi connectivity index (χ2n) is 8.67. The van der Waals surface area contributed by atoms with Gasteiger partial charge in [-0.3, -0.25) is 4.90 Å². The number of likely N-dealkylation sites (tertiary alicyclic amines) is 1. The van der Waals surface area contributed by atoms with E-state index in [-0.39, 0.29) is 16.7 Å². The molecule has 36 heavy (non-hydrogen) atoms. The van der Waals surface area contributed by atoms with E-state index in [0.717, 1.165) is 41.0 Å². The highest BCUT2D eigenvalue weighted by Gasteiger charge is 2.23. The van der Waals surface area contributed by atoms with Crippen molar-refractivity contribution in [3.05, 3.63) is 78.4 Å². The van der Waals surface area contributed by atoms with Gasteiger partial charge in [0.05, 0.1) is 10.1 Å². The van der Waals surface area contributed by atoms with Crippen molar-refractivity contribution in [3.8, 4) is 23.0 Å². The molecule has 0 radical (unpaired) electrons. The number of phenols is 2. The average Bonchev–Trinajstić information content (AvgIpc) is 3.38. The molecule has 0 aliphatic carbocycles. The van der Waals surface area contributed by atoms with Gasteiger partial charge < -0.3 is 19.7 Å². The van der Waals surface area contributed by atoms with Crippen LogP contribution >= 0.6 is 11.8 Å². The highest BCUT2D eigenvalue weighted by atomic mass is 32.2. The third-order valence-corrected chi connectivity index (χ3v) is 7.46. The van der Waals surface area contributed by atoms with E-state index in [9.17, 15) is 10.2 Å². The lowest BCUT2D eigenvalue weighted by Crippen LogP contribution is -2.26. The topological polar surface area (TPSA) is 62.2 Å². The standard InChI is InChI=1S/C14H21NO.C14H12O3S.C2H6/c1-2-13-8-9-15(12-13)10-11-16-14-6-4-3-5-7-14;15-10-3-1-2-9(6-10)14-8-17-12-5-4-11(16)7-13(12)18-14;1-2/h3-7,13H,2,8-12H2,1H3;1-7,14-16H,8H2;1-2H3/t13-;14-;/m10./s1. The lowest BCUT2D eigenvalue weighted by molar-refractivity contribution is 0.232. The zero-order valence-corrected chi connectivity index (χ0v) is 22.4. The lowest BCUT2D eigenvalue weighted by Gasteiger charge is -2.25. The number of benzene rings is 3. The van der Waals surface area contributed by atoms with E-state index in [2.05, 4.69) is 11.8 Å². The maximum atomic E-state index is 9.49. The molecule has 2 heterocycles. The Balaban J connectivity index is 0.000000189. The SMILES string of the molecule is CC.CC[C@@H]1CCN(CCOc2ccccc2)C1.Oc1cccc([C@@H]2COc3ccc(O)cc3S2)c1. The zero-order valence-electron chi connectivity index (χ0n) is 21.6. The molecule has 1 saturated heterocycles. The Kier molecular flexibility index (Phi) is 11.3. The molecule has 2 aliphatic rings. The molecule has 5 nitrogen and oxygen atoms in total. The van der Waals surface area contributed by atoms with E-state index in [4.69, 9.17) is 9.47 Å². The Bertz CT molecular complexity index is 1050. The van der Waals surface area contributed by atoms with Crippen LogP contribution in [0.15, 0.2) is 77.7 Å². The average molecular weight is 510 g/mol. The normalized spacial score (nSPS) is 18.5. The minimum absolute atomic E-state index is 0.131. The Morgan fingerprint density at radius 3 is 2.47 bits per heavy atom. The summed E-state index contributed by atoms with van der Waals surface area (Å²) in [6.07, 6.45) is 2.68. The highest BCUT2D eigenvalue weighted by Crippen LogP contribution is 2.45. The van der Waals surface area contributed by atoms with Crippen molar-refractivity contribution < 1.29 is 19.7 Å². The molecule has 3 aromatic rings. The van der Waals surface area contributed by atoms with E-state index >= 15 is 0 Å². The summed E-state index contributed by atoms with van der Waals surface area (Å²) in [5.74, 6) is 3.19. The number of fused-ring (bicyclic) bond motifs is 1.